The molecule has 0 radical (unpaired) electrons. The van der Waals surface area contributed by atoms with E-state index in [9.17, 15) is 0 Å². The minimum absolute atomic E-state index is 0.437. The Morgan fingerprint density at radius 3 is 2.25 bits per heavy atom. The summed E-state index contributed by atoms with van der Waals surface area (Å²) in [5, 5.41) is 0. The number of aryl methyl sites for hydroxylation is 1. The Labute approximate surface area is 94.1 Å². The summed E-state index contributed by atoms with van der Waals surface area (Å²) in [4.78, 5) is 8.28. The Morgan fingerprint density at radius 2 is 1.75 bits per heavy atom. The van der Waals surface area contributed by atoms with Gasteiger partial charge in [-0.3, -0.25) is 9.97 Å². The number of nitrogens with zero attached hydrogens (tertiary/aromatic N) is 2. The summed E-state index contributed by atoms with van der Waals surface area (Å²) in [5.74, 6) is 1.38. The molecule has 2 aromatic rings. The lowest BCUT2D eigenvalue weighted by Gasteiger charge is -2.05. The highest BCUT2D eigenvalue weighted by molar-refractivity contribution is 5.28. The third kappa shape index (κ3) is 2.55. The second-order valence-electron chi connectivity index (χ2n) is 3.43. The van der Waals surface area contributed by atoms with Gasteiger partial charge in [-0.15, -0.1) is 0 Å². The van der Waals surface area contributed by atoms with Crippen LogP contribution in [0.1, 0.15) is 11.4 Å². The van der Waals surface area contributed by atoms with Gasteiger partial charge in [0.25, 0.3) is 0 Å². The molecule has 0 atom stereocenters. The third-order valence-electron chi connectivity index (χ3n) is 2.13. The molecule has 0 amide bonds. The molecule has 0 saturated heterocycles. The van der Waals surface area contributed by atoms with Crippen LogP contribution in [-0.4, -0.2) is 9.97 Å². The molecule has 2 heterocycles. The summed E-state index contributed by atoms with van der Waals surface area (Å²) in [5.41, 5.74) is 7.26. The van der Waals surface area contributed by atoms with Crippen molar-refractivity contribution >= 4 is 0 Å². The molecular formula is C12H13N3O. The summed E-state index contributed by atoms with van der Waals surface area (Å²) in [6, 6.07) is 7.46. The Balaban J connectivity index is 2.11. The Morgan fingerprint density at radius 1 is 1.06 bits per heavy atom. The van der Waals surface area contributed by atoms with Crippen LogP contribution in [0.2, 0.25) is 0 Å². The molecule has 2 rings (SSSR count). The lowest BCUT2D eigenvalue weighted by molar-refractivity contribution is 0.477. The van der Waals surface area contributed by atoms with E-state index in [1.54, 1.807) is 12.4 Å². The van der Waals surface area contributed by atoms with E-state index in [1.807, 2.05) is 31.2 Å². The number of pyridine rings is 2. The van der Waals surface area contributed by atoms with Gasteiger partial charge in [0, 0.05) is 12.2 Å². The topological polar surface area (TPSA) is 61.0 Å². The summed E-state index contributed by atoms with van der Waals surface area (Å²) in [6.07, 6.45) is 3.34. The molecule has 0 saturated carbocycles. The van der Waals surface area contributed by atoms with Crippen LogP contribution >= 0.6 is 0 Å². The van der Waals surface area contributed by atoms with E-state index >= 15 is 0 Å². The number of hydrogen-bond acceptors (Lipinski definition) is 4. The van der Waals surface area contributed by atoms with Gasteiger partial charge in [-0.1, -0.05) is 0 Å². The van der Waals surface area contributed by atoms with E-state index in [0.717, 1.165) is 11.4 Å². The minimum atomic E-state index is 0.437. The number of hydrogen-bond donors (Lipinski definition) is 1. The highest BCUT2D eigenvalue weighted by Crippen LogP contribution is 2.19. The molecule has 0 unspecified atom stereocenters. The minimum Gasteiger partial charge on any atom is -0.454 e. The molecule has 4 nitrogen and oxygen atoms in total. The number of rotatable bonds is 3. The van der Waals surface area contributed by atoms with Crippen molar-refractivity contribution in [3.05, 3.63) is 48.0 Å². The first-order chi connectivity index (χ1) is 7.78. The molecule has 4 heteroatoms. The largest absolute Gasteiger partial charge is 0.454 e. The monoisotopic (exact) mass is 215 g/mol. The van der Waals surface area contributed by atoms with Crippen LogP contribution in [-0.2, 0) is 6.54 Å². The molecule has 82 valence electrons. The standard InChI is InChI=1S/C12H13N3O/c1-9-2-4-11(7-14-9)16-12-5-3-10(6-13)15-8-12/h2-5,7-8H,6,13H2,1H3. The SMILES string of the molecule is Cc1ccc(Oc2ccc(CN)nc2)cn1. The zero-order chi connectivity index (χ0) is 11.4. The van der Waals surface area contributed by atoms with E-state index in [2.05, 4.69) is 9.97 Å². The average Bonchev–Trinajstić information content (AvgIpc) is 2.33. The summed E-state index contributed by atoms with van der Waals surface area (Å²) >= 11 is 0. The second kappa shape index (κ2) is 4.72. The van der Waals surface area contributed by atoms with E-state index in [-0.39, 0.29) is 0 Å². The lowest BCUT2D eigenvalue weighted by atomic mass is 10.3. The van der Waals surface area contributed by atoms with E-state index in [4.69, 9.17) is 10.5 Å². The van der Waals surface area contributed by atoms with Crippen molar-refractivity contribution in [1.29, 1.82) is 0 Å². The van der Waals surface area contributed by atoms with Crippen LogP contribution in [0.5, 0.6) is 11.5 Å². The van der Waals surface area contributed by atoms with Crippen molar-refractivity contribution in [3.63, 3.8) is 0 Å². The first-order valence-corrected chi connectivity index (χ1v) is 5.03. The van der Waals surface area contributed by atoms with Crippen molar-refractivity contribution in [1.82, 2.24) is 9.97 Å². The van der Waals surface area contributed by atoms with Crippen molar-refractivity contribution in [2.24, 2.45) is 5.73 Å². The molecule has 0 fully saturated rings. The van der Waals surface area contributed by atoms with Crippen molar-refractivity contribution in [2.75, 3.05) is 0 Å². The van der Waals surface area contributed by atoms with Crippen LogP contribution in [0.25, 0.3) is 0 Å². The number of aromatic nitrogens is 2. The van der Waals surface area contributed by atoms with Crippen molar-refractivity contribution in [2.45, 2.75) is 13.5 Å². The Hall–Kier alpha value is -1.94. The van der Waals surface area contributed by atoms with Gasteiger partial charge in [0.15, 0.2) is 0 Å². The van der Waals surface area contributed by atoms with Gasteiger partial charge in [0.05, 0.1) is 18.1 Å². The molecule has 2 aromatic heterocycles. The van der Waals surface area contributed by atoms with E-state index in [0.29, 0.717) is 18.0 Å². The molecule has 0 aliphatic carbocycles. The highest BCUT2D eigenvalue weighted by atomic mass is 16.5. The Bertz CT molecular complexity index is 451. The fourth-order valence-corrected chi connectivity index (χ4v) is 1.24. The van der Waals surface area contributed by atoms with Gasteiger partial charge in [0.1, 0.15) is 11.5 Å². The first kappa shape index (κ1) is 10.6. The molecule has 0 aromatic carbocycles. The maximum absolute atomic E-state index is 5.57. The predicted octanol–water partition coefficient (Wildman–Crippen LogP) is 2.04. The lowest BCUT2D eigenvalue weighted by Crippen LogP contribution is -1.98. The zero-order valence-corrected chi connectivity index (χ0v) is 9.05. The molecule has 16 heavy (non-hydrogen) atoms. The van der Waals surface area contributed by atoms with Gasteiger partial charge in [-0.05, 0) is 31.2 Å². The average molecular weight is 215 g/mol. The summed E-state index contributed by atoms with van der Waals surface area (Å²) in [6.45, 7) is 2.37. The predicted molar refractivity (Wildman–Crippen MR) is 61.2 cm³/mol. The molecule has 0 bridgehead atoms. The van der Waals surface area contributed by atoms with Crippen LogP contribution < -0.4 is 10.5 Å². The van der Waals surface area contributed by atoms with Crippen LogP contribution in [0.3, 0.4) is 0 Å². The Kier molecular flexibility index (Phi) is 3.12. The van der Waals surface area contributed by atoms with Gasteiger partial charge in [-0.25, -0.2) is 0 Å². The summed E-state index contributed by atoms with van der Waals surface area (Å²) in [7, 11) is 0. The smallest absolute Gasteiger partial charge is 0.145 e. The molecule has 0 spiro atoms. The summed E-state index contributed by atoms with van der Waals surface area (Å²) < 4.78 is 5.57. The van der Waals surface area contributed by atoms with Crippen LogP contribution in [0.15, 0.2) is 36.7 Å². The quantitative estimate of drug-likeness (QED) is 0.851. The van der Waals surface area contributed by atoms with Gasteiger partial charge in [-0.2, -0.15) is 0 Å². The molecule has 2 N–H and O–H groups in total. The fourth-order valence-electron chi connectivity index (χ4n) is 1.24. The van der Waals surface area contributed by atoms with Gasteiger partial charge >= 0.3 is 0 Å². The van der Waals surface area contributed by atoms with Gasteiger partial charge < -0.3 is 10.5 Å². The van der Waals surface area contributed by atoms with Crippen molar-refractivity contribution in [3.8, 4) is 11.5 Å². The maximum atomic E-state index is 5.57. The number of nitrogens with two attached hydrogens (primary N) is 1. The van der Waals surface area contributed by atoms with Gasteiger partial charge in [0.2, 0.25) is 0 Å². The normalized spacial score (nSPS) is 10.1. The van der Waals surface area contributed by atoms with Crippen LogP contribution in [0.4, 0.5) is 0 Å². The maximum Gasteiger partial charge on any atom is 0.145 e. The van der Waals surface area contributed by atoms with Crippen molar-refractivity contribution < 1.29 is 4.74 Å². The molecule has 0 aliphatic heterocycles. The zero-order valence-electron chi connectivity index (χ0n) is 9.05. The third-order valence-corrected chi connectivity index (χ3v) is 2.13. The first-order valence-electron chi connectivity index (χ1n) is 5.03. The second-order valence-corrected chi connectivity index (χ2v) is 3.43. The van der Waals surface area contributed by atoms with Crippen LogP contribution in [0, 0.1) is 6.92 Å². The molecule has 0 aliphatic rings. The van der Waals surface area contributed by atoms with E-state index in [1.165, 1.54) is 0 Å². The molecular weight excluding hydrogens is 202 g/mol. The van der Waals surface area contributed by atoms with E-state index < -0.39 is 0 Å². The number of ether oxygens (including phenoxy) is 1. The highest BCUT2D eigenvalue weighted by Gasteiger charge is 1.98. The fraction of sp³-hybridized carbons (Fsp3) is 0.167.